The summed E-state index contributed by atoms with van der Waals surface area (Å²) in [7, 11) is 1.70. The molecule has 6 nitrogen and oxygen atoms in total. The molecule has 1 aliphatic heterocycles. The van der Waals surface area contributed by atoms with Gasteiger partial charge in [-0.1, -0.05) is 30.3 Å². The Morgan fingerprint density at radius 3 is 2.76 bits per heavy atom. The number of benzene rings is 1. The third-order valence-electron chi connectivity index (χ3n) is 3.65. The number of likely N-dealkylation sites (N-methyl/N-ethyl adjacent to an activating group) is 1. The van der Waals surface area contributed by atoms with E-state index in [0.717, 1.165) is 12.0 Å². The number of carbonyl (C=O) groups is 2. The number of carbonyl (C=O) groups excluding carboxylic acids is 1. The maximum atomic E-state index is 12.0. The van der Waals surface area contributed by atoms with Gasteiger partial charge in [-0.2, -0.15) is 0 Å². The third kappa shape index (κ3) is 4.46. The Balaban J connectivity index is 1.79. The van der Waals surface area contributed by atoms with Crippen LogP contribution < -0.4 is 0 Å². The molecule has 0 spiro atoms. The average Bonchev–Trinajstić information content (AvgIpc) is 2.92. The fraction of sp³-hybridized carbons (Fsp3) is 0.467. The quantitative estimate of drug-likeness (QED) is 0.888. The molecule has 1 aromatic carbocycles. The predicted molar refractivity (Wildman–Crippen MR) is 76.9 cm³/mol. The minimum atomic E-state index is -0.843. The number of rotatable bonds is 5. The first-order valence-electron chi connectivity index (χ1n) is 6.94. The molecule has 1 atom stereocenters. The molecule has 1 aliphatic rings. The number of hydrogen-bond acceptors (Lipinski definition) is 4. The van der Waals surface area contributed by atoms with Crippen molar-refractivity contribution >= 4 is 12.1 Å². The van der Waals surface area contributed by atoms with Crippen LogP contribution in [0.2, 0.25) is 0 Å². The zero-order chi connectivity index (χ0) is 15.2. The highest BCUT2D eigenvalue weighted by Gasteiger charge is 2.29. The predicted octanol–water partition coefficient (Wildman–Crippen LogP) is 1.41. The van der Waals surface area contributed by atoms with Gasteiger partial charge in [0.2, 0.25) is 0 Å². The first-order chi connectivity index (χ1) is 10.1. The minimum Gasteiger partial charge on any atom is -0.480 e. The van der Waals surface area contributed by atoms with E-state index in [4.69, 9.17) is 9.84 Å². The second kappa shape index (κ2) is 7.08. The molecule has 1 saturated heterocycles. The number of ether oxygens (including phenoxy) is 1. The van der Waals surface area contributed by atoms with Gasteiger partial charge < -0.3 is 14.7 Å². The van der Waals surface area contributed by atoms with Crippen LogP contribution in [0.3, 0.4) is 0 Å². The van der Waals surface area contributed by atoms with Crippen LogP contribution in [-0.4, -0.2) is 59.7 Å². The van der Waals surface area contributed by atoms with Crippen LogP contribution in [0.25, 0.3) is 0 Å². The minimum absolute atomic E-state index is 0.00706. The van der Waals surface area contributed by atoms with Crippen molar-refractivity contribution < 1.29 is 19.4 Å². The highest BCUT2D eigenvalue weighted by Crippen LogP contribution is 2.15. The smallest absolute Gasteiger partial charge is 0.410 e. The average molecular weight is 292 g/mol. The first-order valence-corrected chi connectivity index (χ1v) is 6.94. The Hall–Kier alpha value is -2.08. The largest absolute Gasteiger partial charge is 0.480 e. The van der Waals surface area contributed by atoms with E-state index < -0.39 is 5.97 Å². The summed E-state index contributed by atoms with van der Waals surface area (Å²) in [5.41, 5.74) is 0.943. The molecule has 6 heteroatoms. The number of likely N-dealkylation sites (tertiary alicyclic amines) is 1. The van der Waals surface area contributed by atoms with Crippen molar-refractivity contribution in [2.75, 3.05) is 26.7 Å². The Bertz CT molecular complexity index is 492. The first kappa shape index (κ1) is 15.3. The van der Waals surface area contributed by atoms with Gasteiger partial charge in [0.15, 0.2) is 0 Å². The van der Waals surface area contributed by atoms with Gasteiger partial charge in [0, 0.05) is 26.2 Å². The molecular formula is C15H20N2O4. The molecule has 1 N–H and O–H groups in total. The van der Waals surface area contributed by atoms with Gasteiger partial charge in [0.1, 0.15) is 6.61 Å². The standard InChI is InChI=1S/C15H20N2O4/c1-16(13-7-8-17(9-13)10-14(18)19)15(20)21-11-12-5-3-2-4-6-12/h2-6,13H,7-11H2,1H3,(H,18,19)/t13-/m1/s1. The summed E-state index contributed by atoms with van der Waals surface area (Å²) in [4.78, 5) is 26.1. The second-order valence-corrected chi connectivity index (χ2v) is 5.22. The number of hydrogen-bond donors (Lipinski definition) is 1. The van der Waals surface area contributed by atoms with Crippen molar-refractivity contribution in [2.24, 2.45) is 0 Å². The maximum Gasteiger partial charge on any atom is 0.410 e. The van der Waals surface area contributed by atoms with E-state index in [1.807, 2.05) is 35.2 Å². The lowest BCUT2D eigenvalue weighted by atomic mass is 10.2. The Labute approximate surface area is 123 Å². The zero-order valence-corrected chi connectivity index (χ0v) is 12.1. The fourth-order valence-electron chi connectivity index (χ4n) is 2.43. The van der Waals surface area contributed by atoms with Gasteiger partial charge in [-0.15, -0.1) is 0 Å². The topological polar surface area (TPSA) is 70.1 Å². The summed E-state index contributed by atoms with van der Waals surface area (Å²) in [6.45, 7) is 1.52. The van der Waals surface area contributed by atoms with Crippen molar-refractivity contribution in [3.05, 3.63) is 35.9 Å². The van der Waals surface area contributed by atoms with Gasteiger partial charge >= 0.3 is 12.1 Å². The summed E-state index contributed by atoms with van der Waals surface area (Å²) in [6.07, 6.45) is 0.394. The molecule has 1 heterocycles. The second-order valence-electron chi connectivity index (χ2n) is 5.22. The summed E-state index contributed by atoms with van der Waals surface area (Å²) in [5.74, 6) is -0.843. The van der Waals surface area contributed by atoms with Crippen molar-refractivity contribution in [1.82, 2.24) is 9.80 Å². The molecule has 21 heavy (non-hydrogen) atoms. The lowest BCUT2D eigenvalue weighted by Crippen LogP contribution is -2.40. The van der Waals surface area contributed by atoms with Gasteiger partial charge in [-0.3, -0.25) is 9.69 Å². The van der Waals surface area contributed by atoms with Crippen molar-refractivity contribution in [2.45, 2.75) is 19.1 Å². The summed E-state index contributed by atoms with van der Waals surface area (Å²) >= 11 is 0. The van der Waals surface area contributed by atoms with Crippen LogP contribution >= 0.6 is 0 Å². The highest BCUT2D eigenvalue weighted by molar-refractivity contribution is 5.69. The summed E-state index contributed by atoms with van der Waals surface area (Å²) in [6, 6.07) is 9.51. The highest BCUT2D eigenvalue weighted by atomic mass is 16.6. The molecule has 0 aromatic heterocycles. The lowest BCUT2D eigenvalue weighted by Gasteiger charge is -2.24. The number of carboxylic acids is 1. The van der Waals surface area contributed by atoms with E-state index in [9.17, 15) is 9.59 Å². The lowest BCUT2D eigenvalue weighted by molar-refractivity contribution is -0.138. The normalized spacial score (nSPS) is 18.4. The molecule has 1 aromatic rings. The monoisotopic (exact) mass is 292 g/mol. The summed E-state index contributed by atoms with van der Waals surface area (Å²) < 4.78 is 5.27. The Morgan fingerprint density at radius 2 is 2.10 bits per heavy atom. The molecule has 114 valence electrons. The molecule has 1 fully saturated rings. The number of aliphatic carboxylic acids is 1. The van der Waals surface area contributed by atoms with Crippen LogP contribution in [-0.2, 0) is 16.1 Å². The van der Waals surface area contributed by atoms with Crippen molar-refractivity contribution in [3.63, 3.8) is 0 Å². The number of amides is 1. The van der Waals surface area contributed by atoms with E-state index in [1.54, 1.807) is 11.9 Å². The van der Waals surface area contributed by atoms with Gasteiger partial charge in [0.05, 0.1) is 6.54 Å². The Kier molecular flexibility index (Phi) is 5.16. The number of carboxylic acid groups (broad SMARTS) is 1. The summed E-state index contributed by atoms with van der Waals surface area (Å²) in [5, 5.41) is 8.77. The van der Waals surface area contributed by atoms with E-state index >= 15 is 0 Å². The molecular weight excluding hydrogens is 272 g/mol. The van der Waals surface area contributed by atoms with Crippen LogP contribution in [0.1, 0.15) is 12.0 Å². The van der Waals surface area contributed by atoms with Crippen LogP contribution in [0, 0.1) is 0 Å². The maximum absolute atomic E-state index is 12.0. The van der Waals surface area contributed by atoms with E-state index in [1.165, 1.54) is 0 Å². The van der Waals surface area contributed by atoms with E-state index in [2.05, 4.69) is 0 Å². The van der Waals surface area contributed by atoms with Crippen LogP contribution in [0.15, 0.2) is 30.3 Å². The molecule has 0 saturated carbocycles. The molecule has 2 rings (SSSR count). The zero-order valence-electron chi connectivity index (χ0n) is 12.1. The van der Waals surface area contributed by atoms with Gasteiger partial charge in [-0.05, 0) is 12.0 Å². The van der Waals surface area contributed by atoms with Crippen LogP contribution in [0.5, 0.6) is 0 Å². The van der Waals surface area contributed by atoms with Crippen LogP contribution in [0.4, 0.5) is 4.79 Å². The SMILES string of the molecule is CN(C(=O)OCc1ccccc1)[C@@H]1CCN(CC(=O)O)C1. The van der Waals surface area contributed by atoms with E-state index in [0.29, 0.717) is 13.1 Å². The third-order valence-corrected chi connectivity index (χ3v) is 3.65. The molecule has 0 radical (unpaired) electrons. The fourth-order valence-corrected chi connectivity index (χ4v) is 2.43. The molecule has 1 amide bonds. The van der Waals surface area contributed by atoms with Gasteiger partial charge in [-0.25, -0.2) is 4.79 Å². The van der Waals surface area contributed by atoms with E-state index in [-0.39, 0.29) is 25.3 Å². The van der Waals surface area contributed by atoms with Gasteiger partial charge in [0.25, 0.3) is 0 Å². The van der Waals surface area contributed by atoms with Crippen molar-refractivity contribution in [3.8, 4) is 0 Å². The molecule has 0 unspecified atom stereocenters. The number of nitrogens with zero attached hydrogens (tertiary/aromatic N) is 2. The molecule has 0 bridgehead atoms. The van der Waals surface area contributed by atoms with Crippen molar-refractivity contribution in [1.29, 1.82) is 0 Å². The Morgan fingerprint density at radius 1 is 1.38 bits per heavy atom. The molecule has 0 aliphatic carbocycles.